The lowest BCUT2D eigenvalue weighted by Gasteiger charge is -2.45. The highest BCUT2D eigenvalue weighted by molar-refractivity contribution is 5.85. The first-order valence-electron chi connectivity index (χ1n) is 33.0. The van der Waals surface area contributed by atoms with E-state index >= 15 is 0 Å². The lowest BCUT2D eigenvalue weighted by Crippen LogP contribution is -2.64. The molecule has 0 aromatic heterocycles. The van der Waals surface area contributed by atoms with Crippen molar-refractivity contribution in [2.75, 3.05) is 93.8 Å². The predicted octanol–water partition coefficient (Wildman–Crippen LogP) is 7.95. The van der Waals surface area contributed by atoms with Crippen LogP contribution in [0.4, 0.5) is 0 Å². The minimum absolute atomic E-state index is 0.0112. The van der Waals surface area contributed by atoms with Gasteiger partial charge in [-0.3, -0.25) is 38.4 Å². The molecule has 1 rings (SSSR count). The summed E-state index contributed by atoms with van der Waals surface area (Å²) in [4.78, 5) is 107. The van der Waals surface area contributed by atoms with Gasteiger partial charge in [-0.1, -0.05) is 72.6 Å². The molecule has 1 saturated heterocycles. The van der Waals surface area contributed by atoms with Crippen LogP contribution in [0.1, 0.15) is 218 Å². The van der Waals surface area contributed by atoms with E-state index in [1.807, 2.05) is 39.8 Å². The maximum Gasteiger partial charge on any atom is 0.311 e. The van der Waals surface area contributed by atoms with Gasteiger partial charge in [0, 0.05) is 53.0 Å². The number of carboxylic acid groups (broad SMARTS) is 1. The smallest absolute Gasteiger partial charge is 0.311 e. The molecule has 0 bridgehead atoms. The van der Waals surface area contributed by atoms with E-state index in [1.165, 1.54) is 14.0 Å². The molecule has 0 aliphatic carbocycles. The number of aliphatic carboxylic acids is 1. The van der Waals surface area contributed by atoms with Gasteiger partial charge in [0.1, 0.15) is 43.4 Å². The first-order chi connectivity index (χ1) is 42.7. The molecule has 0 spiro atoms. The van der Waals surface area contributed by atoms with Gasteiger partial charge >= 0.3 is 29.8 Å². The molecule has 0 aromatic rings. The number of hydrogen-bond donors (Lipinski definition) is 6. The highest BCUT2D eigenvalue weighted by atomic mass is 16.7. The van der Waals surface area contributed by atoms with Crippen molar-refractivity contribution in [2.45, 2.75) is 249 Å². The molecule has 1 aliphatic rings. The molecular weight excluding hydrogens is 1180 g/mol. The topological polar surface area (TPSA) is 342 Å². The number of likely N-dealkylation sites (N-methyl/N-ethyl adjacent to an activating group) is 1. The second-order valence-corrected chi connectivity index (χ2v) is 27.0. The highest BCUT2D eigenvalue weighted by Crippen LogP contribution is 2.53. The Morgan fingerprint density at radius 2 is 1.08 bits per heavy atom. The number of Topliss-reactive ketones (excluding diaryl/α,β-unsaturated/α-hetero) is 1. The molecule has 0 radical (unpaired) electrons. The molecule has 24 nitrogen and oxygen atoms in total. The summed E-state index contributed by atoms with van der Waals surface area (Å²) >= 11 is 0. The van der Waals surface area contributed by atoms with Gasteiger partial charge in [0.15, 0.2) is 6.29 Å². The normalized spacial score (nSPS) is 19.9. The van der Waals surface area contributed by atoms with Crippen LogP contribution in [0.25, 0.3) is 0 Å². The van der Waals surface area contributed by atoms with Crippen molar-refractivity contribution in [1.82, 2.24) is 15.5 Å². The Morgan fingerprint density at radius 1 is 0.571 bits per heavy atom. The molecule has 5 unspecified atom stereocenters. The van der Waals surface area contributed by atoms with E-state index in [9.17, 15) is 64.0 Å². The number of aliphatic hydroxyl groups excluding tert-OH is 3. The first-order valence-corrected chi connectivity index (χ1v) is 33.0. The van der Waals surface area contributed by atoms with Gasteiger partial charge in [-0.15, -0.1) is 0 Å². The van der Waals surface area contributed by atoms with Gasteiger partial charge in [-0.2, -0.15) is 5.26 Å². The number of rotatable bonds is 49. The van der Waals surface area contributed by atoms with Crippen LogP contribution in [0.5, 0.6) is 0 Å². The van der Waals surface area contributed by atoms with Crippen LogP contribution in [0.2, 0.25) is 0 Å². The molecule has 0 saturated carbocycles. The number of methoxy groups -OCH3 is 1. The van der Waals surface area contributed by atoms with E-state index < -0.39 is 105 Å². The van der Waals surface area contributed by atoms with Gasteiger partial charge in [0.2, 0.25) is 11.8 Å². The number of nitrogens with one attached hydrogen (secondary N) is 2. The number of unbranched alkanes of at least 4 members (excludes halogenated alkanes) is 7. The quantitative estimate of drug-likeness (QED) is 0.0191. The SMILES string of the molecule is CCCC(=O)NCCOCCC(=O)CCCCCCO[C@@H]1O[C@H](CO)[C@H](O)[C@H](O)[C@@H]1NC(C)=O.CCCCCCOC(=O)C(C)(CC(C)(CC(C)(C)C#N)C(=O)OCCOC)CC(C)(CC(C)(CC(C)(CCC)C(=O)O)C(=O)OCCCC)C(=O)OCCN(C)C. The number of carboxylic acids is 1. The molecular formula is C67H120N4O20. The fraction of sp³-hybridized carbons (Fsp3) is 0.866. The van der Waals surface area contributed by atoms with E-state index in [-0.39, 0.29) is 83.2 Å². The van der Waals surface area contributed by atoms with Crippen molar-refractivity contribution in [3.63, 3.8) is 0 Å². The number of aliphatic hydroxyl groups is 3. The zero-order chi connectivity index (χ0) is 69.5. The van der Waals surface area contributed by atoms with Gasteiger partial charge < -0.3 is 73.9 Å². The van der Waals surface area contributed by atoms with Crippen LogP contribution in [-0.2, 0) is 76.3 Å². The maximum atomic E-state index is 14.6. The fourth-order valence-electron chi connectivity index (χ4n) is 11.9. The van der Waals surface area contributed by atoms with Crippen molar-refractivity contribution < 1.29 is 96.7 Å². The van der Waals surface area contributed by atoms with Gasteiger partial charge in [0.05, 0.1) is 78.2 Å². The Bertz CT molecular complexity index is 2210. The summed E-state index contributed by atoms with van der Waals surface area (Å²) in [6, 6.07) is 1.32. The van der Waals surface area contributed by atoms with E-state index in [0.717, 1.165) is 51.4 Å². The standard InChI is InChI=1S/C44H78N2O11.C23H42N2O9/c1-14-17-19-20-24-55-37(51)43(9,30-41(7,28-39(4,5)33-45)35(49)57-27-26-53-13)32-44(10,38(52)56-25-22-46(11)12)31-42(8,36(50)54-23-18-15-2)29-40(6,21-16-3)34(47)48;1-3-8-19(29)24-11-14-32-13-10-17(28)9-6-4-5-7-12-33-23-20(25-16(2)27)22(31)21(30)18(15-26)34-23/h14-32H2,1-13H3,(H,47,48);18,20-23,26,30-31H,3-15H2,1-2H3,(H,24,29)(H,25,27)/t;18-,20+,21+,22-,23-/m.1/s1. The van der Waals surface area contributed by atoms with Crippen LogP contribution in [-0.4, -0.2) is 197 Å². The minimum atomic E-state index is -1.61. The number of amides is 2. The Labute approximate surface area is 543 Å². The Balaban J connectivity index is 0.00000202. The highest BCUT2D eigenvalue weighted by Gasteiger charge is 2.57. The molecule has 10 atom stereocenters. The van der Waals surface area contributed by atoms with Crippen molar-refractivity contribution in [2.24, 2.45) is 32.5 Å². The fourth-order valence-corrected chi connectivity index (χ4v) is 11.9. The first kappa shape index (κ1) is 86.1. The molecule has 91 heavy (non-hydrogen) atoms. The van der Waals surface area contributed by atoms with Crippen LogP contribution in [0, 0.1) is 43.8 Å². The number of ketones is 1. The summed E-state index contributed by atoms with van der Waals surface area (Å²) in [7, 11) is 5.14. The zero-order valence-electron chi connectivity index (χ0n) is 58.2. The number of nitrogens with zero attached hydrogens (tertiary/aromatic N) is 2. The predicted molar refractivity (Wildman–Crippen MR) is 342 cm³/mol. The molecule has 24 heteroatoms. The second-order valence-electron chi connectivity index (χ2n) is 27.0. The molecule has 1 fully saturated rings. The average Bonchev–Trinajstić information content (AvgIpc) is 0.945. The molecule has 528 valence electrons. The van der Waals surface area contributed by atoms with E-state index in [1.54, 1.807) is 48.5 Å². The van der Waals surface area contributed by atoms with E-state index in [0.29, 0.717) is 77.9 Å². The average molecular weight is 1300 g/mol. The van der Waals surface area contributed by atoms with E-state index in [4.69, 9.17) is 37.9 Å². The Morgan fingerprint density at radius 3 is 1.57 bits per heavy atom. The minimum Gasteiger partial charge on any atom is -0.481 e. The van der Waals surface area contributed by atoms with Crippen LogP contribution in [0.15, 0.2) is 0 Å². The number of nitriles is 1. The summed E-state index contributed by atoms with van der Waals surface area (Å²) in [5.74, 6) is -3.94. The van der Waals surface area contributed by atoms with Gasteiger partial charge in [0.25, 0.3) is 0 Å². The Hall–Kier alpha value is -4.87. The third-order valence-electron chi connectivity index (χ3n) is 16.3. The third-order valence-corrected chi connectivity index (χ3v) is 16.3. The van der Waals surface area contributed by atoms with Gasteiger partial charge in [-0.05, 0) is 133 Å². The number of ether oxygens (including phenoxy) is 8. The van der Waals surface area contributed by atoms with Crippen molar-refractivity contribution in [3.8, 4) is 6.07 Å². The lowest BCUT2D eigenvalue weighted by atomic mass is 9.58. The molecule has 2 amide bonds. The lowest BCUT2D eigenvalue weighted by molar-refractivity contribution is -0.270. The molecule has 1 aliphatic heterocycles. The van der Waals surface area contributed by atoms with Crippen LogP contribution < -0.4 is 10.6 Å². The van der Waals surface area contributed by atoms with Crippen LogP contribution in [0.3, 0.4) is 0 Å². The molecule has 1 heterocycles. The summed E-state index contributed by atoms with van der Waals surface area (Å²) < 4.78 is 45.0. The molecule has 6 N–H and O–H groups in total. The Kier molecular flexibility index (Phi) is 42.3. The van der Waals surface area contributed by atoms with Crippen LogP contribution >= 0.6 is 0 Å². The largest absolute Gasteiger partial charge is 0.481 e. The third kappa shape index (κ3) is 33.2. The van der Waals surface area contributed by atoms with E-state index in [2.05, 4.69) is 23.6 Å². The van der Waals surface area contributed by atoms with Crippen molar-refractivity contribution in [1.29, 1.82) is 5.26 Å². The van der Waals surface area contributed by atoms with Crippen molar-refractivity contribution in [3.05, 3.63) is 0 Å². The number of hydrogen-bond acceptors (Lipinski definition) is 21. The second kappa shape index (κ2) is 44.7. The number of carbonyl (C=O) groups excluding carboxylic acids is 7. The van der Waals surface area contributed by atoms with Crippen molar-refractivity contribution >= 4 is 47.4 Å². The number of esters is 4. The van der Waals surface area contributed by atoms with Gasteiger partial charge in [-0.25, -0.2) is 0 Å². The summed E-state index contributed by atoms with van der Waals surface area (Å²) in [6.45, 7) is 22.4. The maximum absolute atomic E-state index is 14.6. The summed E-state index contributed by atoms with van der Waals surface area (Å²) in [6.07, 6.45) is 5.42. The number of carbonyl (C=O) groups is 8. The summed E-state index contributed by atoms with van der Waals surface area (Å²) in [5, 5.41) is 55.4. The zero-order valence-corrected chi connectivity index (χ0v) is 58.2. The summed E-state index contributed by atoms with van der Waals surface area (Å²) in [5.41, 5.74) is -8.51. The molecule has 0 aromatic carbocycles. The monoisotopic (exact) mass is 1300 g/mol.